The van der Waals surface area contributed by atoms with E-state index in [4.69, 9.17) is 19.9 Å². The Labute approximate surface area is 167 Å². The van der Waals surface area contributed by atoms with Crippen molar-refractivity contribution in [1.82, 2.24) is 10.2 Å². The van der Waals surface area contributed by atoms with Crippen LogP contribution in [0.5, 0.6) is 11.5 Å². The van der Waals surface area contributed by atoms with Gasteiger partial charge >= 0.3 is 0 Å². The minimum atomic E-state index is -0.509. The van der Waals surface area contributed by atoms with Gasteiger partial charge in [0, 0.05) is 25.2 Å². The molecule has 150 valence electrons. The van der Waals surface area contributed by atoms with E-state index in [0.29, 0.717) is 18.0 Å². The first-order chi connectivity index (χ1) is 11.7. The predicted molar refractivity (Wildman–Crippen MR) is 106 cm³/mol. The second-order valence-electron chi connectivity index (χ2n) is 5.69. The van der Waals surface area contributed by atoms with E-state index < -0.39 is 5.91 Å². The standard InChI is InChI=1S/C17H27N3O4.2ClH/c1-22-15-5-2-4-14(17(15)24-13-16(18)21)12-19-6-3-7-20-8-10-23-11-9-20;;/h2,4-5,19H,3,6-13H2,1H3,(H2,18,21);2*1H. The number of primary amides is 1. The fourth-order valence-corrected chi connectivity index (χ4v) is 2.64. The summed E-state index contributed by atoms with van der Waals surface area (Å²) in [5.74, 6) is 0.661. The Morgan fingerprint density at radius 1 is 1.31 bits per heavy atom. The van der Waals surface area contributed by atoms with Gasteiger partial charge in [-0.15, -0.1) is 24.8 Å². The highest BCUT2D eigenvalue weighted by Crippen LogP contribution is 2.30. The van der Waals surface area contributed by atoms with Gasteiger partial charge < -0.3 is 25.3 Å². The van der Waals surface area contributed by atoms with Gasteiger partial charge in [0.25, 0.3) is 5.91 Å². The van der Waals surface area contributed by atoms with Gasteiger partial charge in [-0.05, 0) is 25.6 Å². The number of benzene rings is 1. The molecule has 1 fully saturated rings. The lowest BCUT2D eigenvalue weighted by atomic mass is 10.2. The molecule has 1 saturated heterocycles. The molecule has 9 heteroatoms. The molecule has 0 unspecified atom stereocenters. The Morgan fingerprint density at radius 3 is 2.69 bits per heavy atom. The van der Waals surface area contributed by atoms with Crippen molar-refractivity contribution in [2.45, 2.75) is 13.0 Å². The molecule has 1 aliphatic heterocycles. The highest BCUT2D eigenvalue weighted by molar-refractivity contribution is 5.85. The molecule has 2 rings (SSSR count). The number of nitrogens with one attached hydrogen (secondary N) is 1. The van der Waals surface area contributed by atoms with Gasteiger partial charge in [0.2, 0.25) is 0 Å². The zero-order valence-electron chi connectivity index (χ0n) is 15.1. The fourth-order valence-electron chi connectivity index (χ4n) is 2.64. The van der Waals surface area contributed by atoms with Crippen molar-refractivity contribution >= 4 is 30.7 Å². The van der Waals surface area contributed by atoms with Gasteiger partial charge in [-0.3, -0.25) is 9.69 Å². The third-order valence-corrected chi connectivity index (χ3v) is 3.89. The number of hydrogen-bond acceptors (Lipinski definition) is 6. The van der Waals surface area contributed by atoms with Crippen LogP contribution >= 0.6 is 24.8 Å². The normalized spacial score (nSPS) is 14.0. The molecule has 0 aromatic heterocycles. The summed E-state index contributed by atoms with van der Waals surface area (Å²) in [6, 6.07) is 5.66. The summed E-state index contributed by atoms with van der Waals surface area (Å²) < 4.78 is 16.2. The van der Waals surface area contributed by atoms with Crippen LogP contribution in [0, 0.1) is 0 Å². The fraction of sp³-hybridized carbons (Fsp3) is 0.588. The van der Waals surface area contributed by atoms with Crippen LogP contribution in [0.4, 0.5) is 0 Å². The zero-order valence-corrected chi connectivity index (χ0v) is 16.7. The van der Waals surface area contributed by atoms with Crippen LogP contribution in [0.1, 0.15) is 12.0 Å². The Balaban J connectivity index is 0.00000312. The number of para-hydroxylation sites is 1. The number of hydrogen-bond donors (Lipinski definition) is 2. The Hall–Kier alpha value is -1.25. The number of nitrogens with two attached hydrogens (primary N) is 1. The molecular weight excluding hydrogens is 381 g/mol. The number of rotatable bonds is 10. The summed E-state index contributed by atoms with van der Waals surface area (Å²) in [7, 11) is 1.58. The van der Waals surface area contributed by atoms with E-state index in [2.05, 4.69) is 10.2 Å². The first-order valence-corrected chi connectivity index (χ1v) is 8.28. The third-order valence-electron chi connectivity index (χ3n) is 3.89. The van der Waals surface area contributed by atoms with Crippen molar-refractivity contribution in [3.63, 3.8) is 0 Å². The molecule has 26 heavy (non-hydrogen) atoms. The Bertz CT molecular complexity index is 529. The maximum absolute atomic E-state index is 11.0. The van der Waals surface area contributed by atoms with Crippen molar-refractivity contribution in [1.29, 1.82) is 0 Å². The number of carbonyl (C=O) groups excluding carboxylic acids is 1. The van der Waals surface area contributed by atoms with E-state index in [1.165, 1.54) is 0 Å². The largest absolute Gasteiger partial charge is 0.493 e. The van der Waals surface area contributed by atoms with E-state index in [0.717, 1.165) is 51.4 Å². The van der Waals surface area contributed by atoms with Crippen LogP contribution in [0.25, 0.3) is 0 Å². The topological polar surface area (TPSA) is 86.1 Å². The summed E-state index contributed by atoms with van der Waals surface area (Å²) in [6.45, 7) is 6.15. The first kappa shape index (κ1) is 24.8. The van der Waals surface area contributed by atoms with Gasteiger partial charge in [-0.25, -0.2) is 0 Å². The molecule has 0 radical (unpaired) electrons. The molecule has 0 atom stereocenters. The maximum Gasteiger partial charge on any atom is 0.255 e. The van der Waals surface area contributed by atoms with Gasteiger partial charge in [0.1, 0.15) is 0 Å². The van der Waals surface area contributed by atoms with Gasteiger partial charge in [-0.1, -0.05) is 12.1 Å². The molecule has 1 amide bonds. The zero-order chi connectivity index (χ0) is 17.2. The molecule has 0 aliphatic carbocycles. The smallest absolute Gasteiger partial charge is 0.255 e. The van der Waals surface area contributed by atoms with Crippen LogP contribution in [0.2, 0.25) is 0 Å². The second-order valence-corrected chi connectivity index (χ2v) is 5.69. The van der Waals surface area contributed by atoms with Gasteiger partial charge in [-0.2, -0.15) is 0 Å². The van der Waals surface area contributed by atoms with Crippen LogP contribution in [-0.4, -0.2) is 63.9 Å². The summed E-state index contributed by atoms with van der Waals surface area (Å²) in [6.07, 6.45) is 1.07. The molecular formula is C17H29Cl2N3O4. The Morgan fingerprint density at radius 2 is 2.04 bits per heavy atom. The highest BCUT2D eigenvalue weighted by Gasteiger charge is 2.12. The number of ether oxygens (including phenoxy) is 3. The molecule has 1 aliphatic rings. The van der Waals surface area contributed by atoms with Crippen molar-refractivity contribution in [3.8, 4) is 11.5 Å². The average molecular weight is 410 g/mol. The number of carbonyl (C=O) groups is 1. The van der Waals surface area contributed by atoms with E-state index in [-0.39, 0.29) is 31.4 Å². The van der Waals surface area contributed by atoms with Crippen molar-refractivity contribution < 1.29 is 19.0 Å². The summed E-state index contributed by atoms with van der Waals surface area (Å²) in [4.78, 5) is 13.4. The second kappa shape index (κ2) is 13.9. The number of morpholine rings is 1. The third kappa shape index (κ3) is 8.42. The molecule has 0 saturated carbocycles. The Kier molecular flexibility index (Phi) is 13.2. The van der Waals surface area contributed by atoms with Crippen molar-refractivity contribution in [2.75, 3.05) is 53.1 Å². The van der Waals surface area contributed by atoms with Gasteiger partial charge in [0.05, 0.1) is 20.3 Å². The quantitative estimate of drug-likeness (QED) is 0.564. The lowest BCUT2D eigenvalue weighted by Crippen LogP contribution is -2.37. The maximum atomic E-state index is 11.0. The number of nitrogens with zero attached hydrogens (tertiary/aromatic N) is 1. The molecule has 1 heterocycles. The van der Waals surface area contributed by atoms with E-state index in [9.17, 15) is 4.79 Å². The average Bonchev–Trinajstić information content (AvgIpc) is 2.60. The number of amides is 1. The van der Waals surface area contributed by atoms with Crippen LogP contribution in [0.15, 0.2) is 18.2 Å². The number of methoxy groups -OCH3 is 1. The van der Waals surface area contributed by atoms with Crippen LogP contribution in [-0.2, 0) is 16.1 Å². The minimum absolute atomic E-state index is 0. The monoisotopic (exact) mass is 409 g/mol. The van der Waals surface area contributed by atoms with Gasteiger partial charge in [0.15, 0.2) is 18.1 Å². The lowest BCUT2D eigenvalue weighted by Gasteiger charge is -2.26. The molecule has 3 N–H and O–H groups in total. The lowest BCUT2D eigenvalue weighted by molar-refractivity contribution is -0.119. The van der Waals surface area contributed by atoms with E-state index >= 15 is 0 Å². The van der Waals surface area contributed by atoms with Crippen LogP contribution < -0.4 is 20.5 Å². The predicted octanol–water partition coefficient (Wildman–Crippen LogP) is 1.21. The molecule has 1 aromatic rings. The highest BCUT2D eigenvalue weighted by atomic mass is 35.5. The van der Waals surface area contributed by atoms with Crippen molar-refractivity contribution in [2.24, 2.45) is 5.73 Å². The molecule has 1 aromatic carbocycles. The molecule has 0 bridgehead atoms. The van der Waals surface area contributed by atoms with Crippen LogP contribution in [0.3, 0.4) is 0 Å². The molecule has 0 spiro atoms. The summed E-state index contributed by atoms with van der Waals surface area (Å²) >= 11 is 0. The summed E-state index contributed by atoms with van der Waals surface area (Å²) in [5.41, 5.74) is 6.10. The minimum Gasteiger partial charge on any atom is -0.493 e. The summed E-state index contributed by atoms with van der Waals surface area (Å²) in [5, 5.41) is 3.41. The first-order valence-electron chi connectivity index (χ1n) is 8.28. The SMILES string of the molecule is COc1cccc(CNCCCN2CCOCC2)c1OCC(N)=O.Cl.Cl. The van der Waals surface area contributed by atoms with E-state index in [1.54, 1.807) is 13.2 Å². The number of halogens is 2. The van der Waals surface area contributed by atoms with Crippen molar-refractivity contribution in [3.05, 3.63) is 23.8 Å². The molecule has 7 nitrogen and oxygen atoms in total. The van der Waals surface area contributed by atoms with E-state index in [1.807, 2.05) is 12.1 Å².